The maximum Gasteiger partial charge on any atom is 0.229 e. The molecule has 3 aromatic rings. The Hall–Kier alpha value is -3.15. The first-order valence-electron chi connectivity index (χ1n) is 9.76. The van der Waals surface area contributed by atoms with Crippen LogP contribution >= 0.6 is 0 Å². The molecule has 1 aliphatic heterocycles. The number of aliphatic hydroxyl groups is 4. The Labute approximate surface area is 181 Å². The lowest BCUT2D eigenvalue weighted by molar-refractivity contribution is -0.277. The molecule has 2 aromatic carbocycles. The number of methoxy groups -OCH3 is 1. The van der Waals surface area contributed by atoms with E-state index in [4.69, 9.17) is 18.6 Å². The van der Waals surface area contributed by atoms with Crippen molar-refractivity contribution in [2.24, 2.45) is 0 Å². The van der Waals surface area contributed by atoms with Gasteiger partial charge < -0.3 is 44.2 Å². The Morgan fingerprint density at radius 2 is 1.75 bits per heavy atom. The van der Waals surface area contributed by atoms with Crippen LogP contribution in [0.2, 0.25) is 0 Å². The molecular formula is C22H22O10. The van der Waals surface area contributed by atoms with Crippen LogP contribution in [-0.4, -0.2) is 70.0 Å². The van der Waals surface area contributed by atoms with Gasteiger partial charge in [0.15, 0.2) is 16.9 Å². The summed E-state index contributed by atoms with van der Waals surface area (Å²) < 4.78 is 22.0. The Bertz CT molecular complexity index is 1160. The highest BCUT2D eigenvalue weighted by Crippen LogP contribution is 2.43. The SMILES string of the molecule is COc1c(OC2OC(CO)C(O)C(O)C2O)cc2oc(-c3ccccc3)cc(=O)c2c1O. The van der Waals surface area contributed by atoms with Crippen molar-refractivity contribution in [1.82, 2.24) is 0 Å². The van der Waals surface area contributed by atoms with Gasteiger partial charge in [0, 0.05) is 17.7 Å². The lowest BCUT2D eigenvalue weighted by Gasteiger charge is -2.39. The number of hydrogen-bond acceptors (Lipinski definition) is 10. The molecular weight excluding hydrogens is 424 g/mol. The lowest BCUT2D eigenvalue weighted by atomic mass is 9.99. The second-order valence-corrected chi connectivity index (χ2v) is 7.29. The molecule has 5 unspecified atom stereocenters. The standard InChI is InChI=1S/C22H22O10/c1-29-21-14(31-22-20(28)19(27)17(25)15(9-23)32-22)8-13-16(18(21)26)11(24)7-12(30-13)10-5-3-2-4-6-10/h2-8,15,17,19-20,22-23,25-28H,9H2,1H3. The molecule has 1 aliphatic rings. The predicted molar refractivity (Wildman–Crippen MR) is 111 cm³/mol. The van der Waals surface area contributed by atoms with Gasteiger partial charge in [-0.2, -0.15) is 0 Å². The van der Waals surface area contributed by atoms with Gasteiger partial charge in [-0.15, -0.1) is 0 Å². The highest BCUT2D eigenvalue weighted by molar-refractivity contribution is 5.89. The van der Waals surface area contributed by atoms with E-state index in [0.29, 0.717) is 5.56 Å². The molecule has 1 saturated heterocycles. The number of rotatable bonds is 5. The molecule has 1 fully saturated rings. The first-order chi connectivity index (χ1) is 15.3. The van der Waals surface area contributed by atoms with Crippen LogP contribution in [0, 0.1) is 0 Å². The number of fused-ring (bicyclic) bond motifs is 1. The fraction of sp³-hybridized carbons (Fsp3) is 0.318. The molecule has 0 spiro atoms. The minimum Gasteiger partial charge on any atom is -0.504 e. The van der Waals surface area contributed by atoms with Gasteiger partial charge in [0.2, 0.25) is 12.0 Å². The molecule has 0 aliphatic carbocycles. The largest absolute Gasteiger partial charge is 0.504 e. The summed E-state index contributed by atoms with van der Waals surface area (Å²) in [6.07, 6.45) is -7.62. The number of aliphatic hydroxyl groups excluding tert-OH is 4. The highest BCUT2D eigenvalue weighted by Gasteiger charge is 2.45. The fourth-order valence-electron chi connectivity index (χ4n) is 3.58. The quantitative estimate of drug-likeness (QED) is 0.370. The van der Waals surface area contributed by atoms with Gasteiger partial charge in [-0.25, -0.2) is 0 Å². The molecule has 10 nitrogen and oxygen atoms in total. The van der Waals surface area contributed by atoms with Crippen LogP contribution in [0.25, 0.3) is 22.3 Å². The van der Waals surface area contributed by atoms with Crippen LogP contribution in [0.1, 0.15) is 0 Å². The van der Waals surface area contributed by atoms with E-state index in [9.17, 15) is 30.3 Å². The second-order valence-electron chi connectivity index (χ2n) is 7.29. The van der Waals surface area contributed by atoms with Gasteiger partial charge in [-0.05, 0) is 0 Å². The van der Waals surface area contributed by atoms with E-state index in [2.05, 4.69) is 0 Å². The number of aromatic hydroxyl groups is 1. The van der Waals surface area contributed by atoms with Crippen molar-refractivity contribution in [3.63, 3.8) is 0 Å². The number of phenolic OH excluding ortho intramolecular Hbond substituents is 1. The van der Waals surface area contributed by atoms with Gasteiger partial charge in [0.05, 0.1) is 13.7 Å². The Morgan fingerprint density at radius 1 is 1.03 bits per heavy atom. The van der Waals surface area contributed by atoms with Crippen molar-refractivity contribution in [2.45, 2.75) is 30.7 Å². The van der Waals surface area contributed by atoms with E-state index >= 15 is 0 Å². The number of ether oxygens (including phenoxy) is 3. The molecule has 2 heterocycles. The average molecular weight is 446 g/mol. The first-order valence-corrected chi connectivity index (χ1v) is 9.76. The Kier molecular flexibility index (Phi) is 6.04. The van der Waals surface area contributed by atoms with E-state index in [0.717, 1.165) is 0 Å². The third-order valence-electron chi connectivity index (χ3n) is 5.27. The molecule has 5 atom stereocenters. The summed E-state index contributed by atoms with van der Waals surface area (Å²) in [5.74, 6) is -0.672. The predicted octanol–water partition coefficient (Wildman–Crippen LogP) is 0.353. The summed E-state index contributed by atoms with van der Waals surface area (Å²) in [5, 5.41) is 50.0. The maximum absolute atomic E-state index is 12.7. The molecule has 4 rings (SSSR count). The lowest BCUT2D eigenvalue weighted by Crippen LogP contribution is -2.60. The first kappa shape index (κ1) is 22.1. The normalized spacial score (nSPS) is 25.6. The summed E-state index contributed by atoms with van der Waals surface area (Å²) in [6, 6.07) is 11.4. The van der Waals surface area contributed by atoms with Crippen molar-refractivity contribution in [3.8, 4) is 28.6 Å². The zero-order chi connectivity index (χ0) is 23.0. The molecule has 170 valence electrons. The third-order valence-corrected chi connectivity index (χ3v) is 5.27. The van der Waals surface area contributed by atoms with Crippen molar-refractivity contribution in [3.05, 3.63) is 52.7 Å². The van der Waals surface area contributed by atoms with Gasteiger partial charge >= 0.3 is 0 Å². The maximum atomic E-state index is 12.7. The van der Waals surface area contributed by atoms with Crippen molar-refractivity contribution >= 4 is 11.0 Å². The van der Waals surface area contributed by atoms with Crippen LogP contribution < -0.4 is 14.9 Å². The molecule has 1 aromatic heterocycles. The van der Waals surface area contributed by atoms with E-state index < -0.39 is 48.5 Å². The summed E-state index contributed by atoms with van der Waals surface area (Å²) in [6.45, 7) is -0.639. The van der Waals surface area contributed by atoms with Crippen molar-refractivity contribution < 1.29 is 44.2 Å². The van der Waals surface area contributed by atoms with Crippen LogP contribution in [0.4, 0.5) is 0 Å². The molecule has 0 saturated carbocycles. The number of phenols is 1. The van der Waals surface area contributed by atoms with Crippen LogP contribution in [-0.2, 0) is 4.74 Å². The second kappa shape index (κ2) is 8.77. The average Bonchev–Trinajstić information content (AvgIpc) is 2.79. The monoisotopic (exact) mass is 446 g/mol. The van der Waals surface area contributed by atoms with E-state index in [-0.39, 0.29) is 28.2 Å². The van der Waals surface area contributed by atoms with Gasteiger partial charge in [0.25, 0.3) is 0 Å². The molecule has 5 N–H and O–H groups in total. The minimum absolute atomic E-state index is 0.0192. The Morgan fingerprint density at radius 3 is 2.41 bits per heavy atom. The van der Waals surface area contributed by atoms with Gasteiger partial charge in [-0.3, -0.25) is 4.79 Å². The zero-order valence-corrected chi connectivity index (χ0v) is 16.9. The summed E-state index contributed by atoms with van der Waals surface area (Å²) in [7, 11) is 1.24. The molecule has 0 bridgehead atoms. The number of hydrogen-bond donors (Lipinski definition) is 5. The van der Waals surface area contributed by atoms with E-state index in [1.54, 1.807) is 24.3 Å². The number of benzene rings is 2. The van der Waals surface area contributed by atoms with Crippen LogP contribution in [0.5, 0.6) is 17.2 Å². The van der Waals surface area contributed by atoms with Crippen molar-refractivity contribution in [2.75, 3.05) is 13.7 Å². The van der Waals surface area contributed by atoms with E-state index in [1.807, 2.05) is 6.07 Å². The summed E-state index contributed by atoms with van der Waals surface area (Å²) in [4.78, 5) is 12.7. The Balaban J connectivity index is 1.79. The fourth-order valence-corrected chi connectivity index (χ4v) is 3.58. The highest BCUT2D eigenvalue weighted by atomic mass is 16.7. The molecule has 0 radical (unpaired) electrons. The smallest absolute Gasteiger partial charge is 0.229 e. The third kappa shape index (κ3) is 3.78. The summed E-state index contributed by atoms with van der Waals surface area (Å²) in [5.41, 5.74) is 0.104. The summed E-state index contributed by atoms with van der Waals surface area (Å²) >= 11 is 0. The van der Waals surface area contributed by atoms with Gasteiger partial charge in [0.1, 0.15) is 41.1 Å². The zero-order valence-electron chi connectivity index (χ0n) is 16.9. The van der Waals surface area contributed by atoms with Crippen molar-refractivity contribution in [1.29, 1.82) is 0 Å². The minimum atomic E-state index is -1.68. The van der Waals surface area contributed by atoms with Crippen LogP contribution in [0.3, 0.4) is 0 Å². The van der Waals surface area contributed by atoms with Crippen LogP contribution in [0.15, 0.2) is 51.7 Å². The van der Waals surface area contributed by atoms with E-state index in [1.165, 1.54) is 19.2 Å². The molecule has 0 amide bonds. The van der Waals surface area contributed by atoms with Gasteiger partial charge in [-0.1, -0.05) is 30.3 Å². The topological polar surface area (TPSA) is 159 Å². The molecule has 10 heteroatoms. The molecule has 32 heavy (non-hydrogen) atoms.